The predicted octanol–water partition coefficient (Wildman–Crippen LogP) is 4.83. The average Bonchev–Trinajstić information content (AvgIpc) is 2.80. The Bertz CT molecular complexity index is 1080. The molecule has 31 heavy (non-hydrogen) atoms. The molecular weight excluding hydrogens is 412 g/mol. The molecule has 6 heteroatoms. The largest absolute Gasteiger partial charge is 0.493 e. The van der Waals surface area contributed by atoms with Crippen LogP contribution in [-0.2, 0) is 11.3 Å². The summed E-state index contributed by atoms with van der Waals surface area (Å²) in [4.78, 5) is 25.7. The van der Waals surface area contributed by atoms with Gasteiger partial charge in [-0.2, -0.15) is 0 Å². The monoisotopic (exact) mass is 434 g/mol. The molecule has 0 aliphatic heterocycles. The molecule has 0 saturated heterocycles. The first-order valence-electron chi connectivity index (χ1n) is 9.90. The Balaban J connectivity index is 1.87. The highest BCUT2D eigenvalue weighted by atomic mass is 35.5. The predicted molar refractivity (Wildman–Crippen MR) is 123 cm³/mol. The van der Waals surface area contributed by atoms with Gasteiger partial charge in [0, 0.05) is 22.7 Å². The molecule has 3 rings (SSSR count). The Hall–Kier alpha value is -3.57. The smallest absolute Gasteiger partial charge is 0.268 e. The van der Waals surface area contributed by atoms with E-state index in [1.54, 1.807) is 36.4 Å². The Labute approximate surface area is 186 Å². The third-order valence-electron chi connectivity index (χ3n) is 4.44. The van der Waals surface area contributed by atoms with Crippen molar-refractivity contribution < 1.29 is 14.3 Å². The number of carbonyl (C=O) groups is 2. The second kappa shape index (κ2) is 11.0. The van der Waals surface area contributed by atoms with Crippen LogP contribution in [0.2, 0.25) is 5.02 Å². The van der Waals surface area contributed by atoms with Crippen LogP contribution in [0.15, 0.2) is 84.6 Å². The van der Waals surface area contributed by atoms with Gasteiger partial charge in [0.15, 0.2) is 0 Å². The SMILES string of the molecule is CCOc1ccccc1C=C(NC(=O)c1ccccc1)C(=O)NCc1ccccc1Cl. The van der Waals surface area contributed by atoms with E-state index in [0.717, 1.165) is 5.56 Å². The highest BCUT2D eigenvalue weighted by Gasteiger charge is 2.16. The van der Waals surface area contributed by atoms with E-state index in [1.165, 1.54) is 0 Å². The Morgan fingerprint density at radius 2 is 1.61 bits per heavy atom. The Morgan fingerprint density at radius 1 is 0.935 bits per heavy atom. The number of rotatable bonds is 8. The van der Waals surface area contributed by atoms with Gasteiger partial charge in [-0.05, 0) is 42.8 Å². The lowest BCUT2D eigenvalue weighted by molar-refractivity contribution is -0.117. The molecule has 0 aromatic heterocycles. The number of nitrogens with one attached hydrogen (secondary N) is 2. The lowest BCUT2D eigenvalue weighted by Crippen LogP contribution is -2.34. The molecule has 0 saturated carbocycles. The van der Waals surface area contributed by atoms with Crippen LogP contribution < -0.4 is 15.4 Å². The molecule has 0 fully saturated rings. The molecule has 0 unspecified atom stereocenters. The van der Waals surface area contributed by atoms with Crippen LogP contribution in [0.5, 0.6) is 5.75 Å². The number of carbonyl (C=O) groups excluding carboxylic acids is 2. The molecule has 0 atom stereocenters. The van der Waals surface area contributed by atoms with E-state index < -0.39 is 5.91 Å². The summed E-state index contributed by atoms with van der Waals surface area (Å²) < 4.78 is 5.65. The number of para-hydroxylation sites is 1. The standard InChI is InChI=1S/C25H23ClN2O3/c1-2-31-23-15-9-7-12-19(23)16-22(28-24(29)18-10-4-3-5-11-18)25(30)27-17-20-13-6-8-14-21(20)26/h3-16H,2,17H2,1H3,(H,27,30)(H,28,29). The van der Waals surface area contributed by atoms with E-state index in [1.807, 2.05) is 55.5 Å². The van der Waals surface area contributed by atoms with Gasteiger partial charge in [0.05, 0.1) is 6.61 Å². The van der Waals surface area contributed by atoms with Crippen LogP contribution in [0.1, 0.15) is 28.4 Å². The summed E-state index contributed by atoms with van der Waals surface area (Å²) in [6, 6.07) is 23.3. The first kappa shape index (κ1) is 22.1. The minimum Gasteiger partial charge on any atom is -0.493 e. The van der Waals surface area contributed by atoms with Gasteiger partial charge in [-0.3, -0.25) is 9.59 Å². The number of benzene rings is 3. The fraction of sp³-hybridized carbons (Fsp3) is 0.120. The maximum Gasteiger partial charge on any atom is 0.268 e. The van der Waals surface area contributed by atoms with Gasteiger partial charge in [0.1, 0.15) is 11.4 Å². The van der Waals surface area contributed by atoms with Crippen molar-refractivity contribution in [1.29, 1.82) is 0 Å². The highest BCUT2D eigenvalue weighted by Crippen LogP contribution is 2.21. The summed E-state index contributed by atoms with van der Waals surface area (Å²) in [7, 11) is 0. The lowest BCUT2D eigenvalue weighted by atomic mass is 10.1. The molecule has 158 valence electrons. The van der Waals surface area contributed by atoms with Crippen LogP contribution >= 0.6 is 11.6 Å². The minimum atomic E-state index is -0.435. The van der Waals surface area contributed by atoms with Crippen molar-refractivity contribution in [3.63, 3.8) is 0 Å². The second-order valence-electron chi connectivity index (χ2n) is 6.62. The topological polar surface area (TPSA) is 67.4 Å². The van der Waals surface area contributed by atoms with E-state index >= 15 is 0 Å². The summed E-state index contributed by atoms with van der Waals surface area (Å²) in [5, 5.41) is 6.10. The van der Waals surface area contributed by atoms with Gasteiger partial charge in [-0.25, -0.2) is 0 Å². The van der Waals surface area contributed by atoms with Crippen molar-refractivity contribution in [2.75, 3.05) is 6.61 Å². The van der Waals surface area contributed by atoms with Crippen molar-refractivity contribution in [2.24, 2.45) is 0 Å². The zero-order chi connectivity index (χ0) is 22.1. The van der Waals surface area contributed by atoms with Gasteiger partial charge in [0.2, 0.25) is 0 Å². The van der Waals surface area contributed by atoms with Crippen molar-refractivity contribution in [3.05, 3.63) is 106 Å². The summed E-state index contributed by atoms with van der Waals surface area (Å²) in [5.41, 5.74) is 2.01. The molecule has 0 bridgehead atoms. The van der Waals surface area contributed by atoms with Gasteiger partial charge in [-0.1, -0.05) is 66.2 Å². The maximum atomic E-state index is 13.0. The molecule has 0 spiro atoms. The Kier molecular flexibility index (Phi) is 7.85. The molecular formula is C25H23ClN2O3. The van der Waals surface area contributed by atoms with Crippen molar-refractivity contribution in [1.82, 2.24) is 10.6 Å². The third-order valence-corrected chi connectivity index (χ3v) is 4.81. The fourth-order valence-electron chi connectivity index (χ4n) is 2.90. The summed E-state index contributed by atoms with van der Waals surface area (Å²) >= 11 is 6.18. The lowest BCUT2D eigenvalue weighted by Gasteiger charge is -2.13. The van der Waals surface area contributed by atoms with Crippen molar-refractivity contribution in [3.8, 4) is 5.75 Å². The van der Waals surface area contributed by atoms with E-state index in [2.05, 4.69) is 10.6 Å². The van der Waals surface area contributed by atoms with Crippen LogP contribution in [0.3, 0.4) is 0 Å². The zero-order valence-corrected chi connectivity index (χ0v) is 17.9. The quantitative estimate of drug-likeness (QED) is 0.499. The first-order valence-corrected chi connectivity index (χ1v) is 10.3. The second-order valence-corrected chi connectivity index (χ2v) is 7.03. The molecule has 2 N–H and O–H groups in total. The summed E-state index contributed by atoms with van der Waals surface area (Å²) in [6.07, 6.45) is 1.60. The number of halogens is 1. The van der Waals surface area contributed by atoms with Gasteiger partial charge >= 0.3 is 0 Å². The van der Waals surface area contributed by atoms with Crippen molar-refractivity contribution >= 4 is 29.5 Å². The highest BCUT2D eigenvalue weighted by molar-refractivity contribution is 6.31. The van der Waals surface area contributed by atoms with Crippen LogP contribution in [0.4, 0.5) is 0 Å². The number of hydrogen-bond acceptors (Lipinski definition) is 3. The molecule has 2 amide bonds. The van der Waals surface area contributed by atoms with E-state index in [0.29, 0.717) is 28.5 Å². The molecule has 5 nitrogen and oxygen atoms in total. The van der Waals surface area contributed by atoms with Crippen LogP contribution in [0, 0.1) is 0 Å². The van der Waals surface area contributed by atoms with E-state index in [-0.39, 0.29) is 18.1 Å². The molecule has 3 aromatic rings. The van der Waals surface area contributed by atoms with Gasteiger partial charge < -0.3 is 15.4 Å². The maximum absolute atomic E-state index is 13.0. The number of hydrogen-bond donors (Lipinski definition) is 2. The third kappa shape index (κ3) is 6.20. The fourth-order valence-corrected chi connectivity index (χ4v) is 3.10. The molecule has 0 aliphatic carbocycles. The molecule has 0 heterocycles. The van der Waals surface area contributed by atoms with Crippen LogP contribution in [0.25, 0.3) is 6.08 Å². The first-order chi connectivity index (χ1) is 15.1. The normalized spacial score (nSPS) is 11.0. The van der Waals surface area contributed by atoms with E-state index in [9.17, 15) is 9.59 Å². The van der Waals surface area contributed by atoms with Crippen LogP contribution in [-0.4, -0.2) is 18.4 Å². The van der Waals surface area contributed by atoms with Gasteiger partial charge in [-0.15, -0.1) is 0 Å². The Morgan fingerprint density at radius 3 is 2.35 bits per heavy atom. The average molecular weight is 435 g/mol. The zero-order valence-electron chi connectivity index (χ0n) is 17.1. The van der Waals surface area contributed by atoms with E-state index in [4.69, 9.17) is 16.3 Å². The molecule has 0 aliphatic rings. The summed E-state index contributed by atoms with van der Waals surface area (Å²) in [5.74, 6) is -0.195. The molecule has 0 radical (unpaired) electrons. The minimum absolute atomic E-state index is 0.105. The number of amides is 2. The molecule has 3 aromatic carbocycles. The van der Waals surface area contributed by atoms with Gasteiger partial charge in [0.25, 0.3) is 11.8 Å². The number of ether oxygens (including phenoxy) is 1. The van der Waals surface area contributed by atoms with Crippen molar-refractivity contribution in [2.45, 2.75) is 13.5 Å². The summed E-state index contributed by atoms with van der Waals surface area (Å²) in [6.45, 7) is 2.59.